The summed E-state index contributed by atoms with van der Waals surface area (Å²) in [6, 6.07) is 17.3. The monoisotopic (exact) mass is 507 g/mol. The van der Waals surface area contributed by atoms with Crippen LogP contribution in [-0.4, -0.2) is 39.8 Å². The highest BCUT2D eigenvalue weighted by molar-refractivity contribution is 7.92. The molecule has 3 aromatic carbocycles. The Morgan fingerprint density at radius 2 is 1.67 bits per heavy atom. The zero-order chi connectivity index (χ0) is 25.9. The van der Waals surface area contributed by atoms with Crippen molar-refractivity contribution in [1.29, 1.82) is 0 Å². The summed E-state index contributed by atoms with van der Waals surface area (Å²) in [4.78, 5) is 13.1. The fraction of sp³-hybridized carbons (Fsp3) is 0.259. The molecule has 1 amide bonds. The van der Waals surface area contributed by atoms with E-state index in [4.69, 9.17) is 9.47 Å². The molecular formula is C27H29N3O5S. The largest absolute Gasteiger partial charge is 0.486 e. The Bertz CT molecular complexity index is 1420. The van der Waals surface area contributed by atoms with Crippen LogP contribution in [0.4, 0.5) is 5.69 Å². The summed E-state index contributed by atoms with van der Waals surface area (Å²) in [5.74, 6) is 0.709. The Hall–Kier alpha value is -3.85. The molecule has 8 nitrogen and oxygen atoms in total. The Morgan fingerprint density at radius 3 is 2.39 bits per heavy atom. The molecule has 0 unspecified atom stereocenters. The van der Waals surface area contributed by atoms with Gasteiger partial charge in [0.15, 0.2) is 11.5 Å². The molecule has 1 heterocycles. The van der Waals surface area contributed by atoms with Crippen LogP contribution in [0.5, 0.6) is 11.5 Å². The van der Waals surface area contributed by atoms with Crippen molar-refractivity contribution >= 4 is 27.3 Å². The number of hydrogen-bond donors (Lipinski definition) is 1. The number of fused-ring (bicyclic) bond motifs is 1. The van der Waals surface area contributed by atoms with Gasteiger partial charge in [0.2, 0.25) is 0 Å². The van der Waals surface area contributed by atoms with Gasteiger partial charge in [0.25, 0.3) is 15.9 Å². The van der Waals surface area contributed by atoms with Crippen molar-refractivity contribution in [3.63, 3.8) is 0 Å². The van der Waals surface area contributed by atoms with E-state index < -0.39 is 22.5 Å². The number of benzene rings is 3. The van der Waals surface area contributed by atoms with Crippen molar-refractivity contribution < 1.29 is 22.7 Å². The minimum absolute atomic E-state index is 0.109. The van der Waals surface area contributed by atoms with Gasteiger partial charge in [-0.15, -0.1) is 0 Å². The third kappa shape index (κ3) is 5.36. The second-order valence-electron chi connectivity index (χ2n) is 8.63. The van der Waals surface area contributed by atoms with Crippen molar-refractivity contribution in [2.75, 3.05) is 24.1 Å². The first-order chi connectivity index (χ1) is 17.2. The first-order valence-electron chi connectivity index (χ1n) is 11.6. The second-order valence-corrected chi connectivity index (χ2v) is 10.5. The lowest BCUT2D eigenvalue weighted by molar-refractivity contribution is -0.119. The summed E-state index contributed by atoms with van der Waals surface area (Å²) in [5, 5.41) is 4.20. The Balaban J connectivity index is 1.59. The molecule has 1 aliphatic heterocycles. The number of aryl methyl sites for hydroxylation is 2. The zero-order valence-corrected chi connectivity index (χ0v) is 21.6. The summed E-state index contributed by atoms with van der Waals surface area (Å²) in [5.41, 5.74) is 6.87. The van der Waals surface area contributed by atoms with Crippen molar-refractivity contribution in [2.45, 2.75) is 32.6 Å². The van der Waals surface area contributed by atoms with Crippen LogP contribution >= 0.6 is 0 Å². The van der Waals surface area contributed by atoms with Crippen LogP contribution in [0.2, 0.25) is 0 Å². The fourth-order valence-electron chi connectivity index (χ4n) is 3.79. The minimum Gasteiger partial charge on any atom is -0.486 e. The van der Waals surface area contributed by atoms with Gasteiger partial charge in [-0.05, 0) is 75.2 Å². The van der Waals surface area contributed by atoms with Crippen LogP contribution in [-0.2, 0) is 14.8 Å². The van der Waals surface area contributed by atoms with Crippen LogP contribution in [0.1, 0.15) is 29.2 Å². The molecule has 0 bridgehead atoms. The van der Waals surface area contributed by atoms with Gasteiger partial charge in [-0.1, -0.05) is 29.8 Å². The highest BCUT2D eigenvalue weighted by Crippen LogP contribution is 2.31. The average molecular weight is 508 g/mol. The number of anilines is 1. The van der Waals surface area contributed by atoms with Gasteiger partial charge in [0.05, 0.1) is 16.3 Å². The van der Waals surface area contributed by atoms with Crippen molar-refractivity contribution in [1.82, 2.24) is 5.43 Å². The number of hydrazone groups is 1. The van der Waals surface area contributed by atoms with E-state index in [1.165, 1.54) is 0 Å². The third-order valence-corrected chi connectivity index (χ3v) is 7.82. The smallest absolute Gasteiger partial charge is 0.264 e. The molecule has 0 atom stereocenters. The van der Waals surface area contributed by atoms with Crippen molar-refractivity contribution in [3.8, 4) is 11.5 Å². The number of nitrogens with one attached hydrogen (secondary N) is 1. The predicted molar refractivity (Wildman–Crippen MR) is 139 cm³/mol. The molecule has 0 aromatic heterocycles. The average Bonchev–Trinajstić information content (AvgIpc) is 2.87. The van der Waals surface area contributed by atoms with E-state index in [1.807, 2.05) is 32.9 Å². The standard InChI is InChI=1S/C27H29N3O5S/c1-18-8-11-23(12-9-18)36(32,33)30(24-7-5-6-19(2)20(24)3)17-27(31)29-28-21(4)22-10-13-25-26(16-22)35-15-14-34-25/h5-13,16H,14-15,17H2,1-4H3,(H,29,31)/b28-21-. The molecule has 0 saturated heterocycles. The minimum atomic E-state index is -4.01. The van der Waals surface area contributed by atoms with Crippen LogP contribution in [0.3, 0.4) is 0 Å². The number of sulfonamides is 1. The molecule has 36 heavy (non-hydrogen) atoms. The normalized spacial score (nSPS) is 13.3. The SMILES string of the molecule is C/C(=N/NC(=O)CN(c1cccc(C)c1C)S(=O)(=O)c1ccc(C)cc1)c1ccc2c(c1)OCCO2. The van der Waals surface area contributed by atoms with Gasteiger partial charge in [0, 0.05) is 5.56 Å². The number of amides is 1. The van der Waals surface area contributed by atoms with E-state index >= 15 is 0 Å². The van der Waals surface area contributed by atoms with Gasteiger partial charge in [-0.3, -0.25) is 9.10 Å². The summed E-state index contributed by atoms with van der Waals surface area (Å²) in [6.45, 7) is 7.90. The molecule has 0 radical (unpaired) electrons. The quantitative estimate of drug-likeness (QED) is 0.383. The highest BCUT2D eigenvalue weighted by atomic mass is 32.2. The number of ether oxygens (including phenoxy) is 2. The summed E-state index contributed by atoms with van der Waals surface area (Å²) >= 11 is 0. The molecule has 0 aliphatic carbocycles. The maximum atomic E-state index is 13.6. The third-order valence-electron chi connectivity index (χ3n) is 6.05. The predicted octanol–water partition coefficient (Wildman–Crippen LogP) is 4.12. The maximum Gasteiger partial charge on any atom is 0.264 e. The Labute approximate surface area is 211 Å². The van der Waals surface area contributed by atoms with E-state index in [-0.39, 0.29) is 4.90 Å². The van der Waals surface area contributed by atoms with E-state index in [2.05, 4.69) is 10.5 Å². The Kier molecular flexibility index (Phi) is 7.30. The molecular weight excluding hydrogens is 478 g/mol. The maximum absolute atomic E-state index is 13.6. The molecule has 188 valence electrons. The summed E-state index contributed by atoms with van der Waals surface area (Å²) in [7, 11) is -4.01. The van der Waals surface area contributed by atoms with Crippen molar-refractivity contribution in [2.24, 2.45) is 5.10 Å². The van der Waals surface area contributed by atoms with E-state index in [1.54, 1.807) is 55.5 Å². The lowest BCUT2D eigenvalue weighted by Crippen LogP contribution is -2.40. The van der Waals surface area contributed by atoms with Gasteiger partial charge >= 0.3 is 0 Å². The lowest BCUT2D eigenvalue weighted by atomic mass is 10.1. The fourth-order valence-corrected chi connectivity index (χ4v) is 5.27. The van der Waals surface area contributed by atoms with Crippen LogP contribution < -0.4 is 19.2 Å². The molecule has 0 spiro atoms. The topological polar surface area (TPSA) is 97.3 Å². The Morgan fingerprint density at radius 1 is 0.972 bits per heavy atom. The second kappa shape index (κ2) is 10.4. The number of carbonyl (C=O) groups is 1. The molecule has 0 saturated carbocycles. The first kappa shape index (κ1) is 25.2. The van der Waals surface area contributed by atoms with E-state index in [0.717, 1.165) is 26.6 Å². The number of rotatable bonds is 7. The molecule has 1 aliphatic rings. The molecule has 3 aromatic rings. The van der Waals surface area contributed by atoms with Gasteiger partial charge in [-0.2, -0.15) is 5.10 Å². The summed E-state index contributed by atoms with van der Waals surface area (Å²) < 4.78 is 39.5. The summed E-state index contributed by atoms with van der Waals surface area (Å²) in [6.07, 6.45) is 0. The van der Waals surface area contributed by atoms with Gasteiger partial charge in [-0.25, -0.2) is 13.8 Å². The number of carbonyl (C=O) groups excluding carboxylic acids is 1. The van der Waals surface area contributed by atoms with Crippen LogP contribution in [0, 0.1) is 20.8 Å². The van der Waals surface area contributed by atoms with E-state index in [9.17, 15) is 13.2 Å². The zero-order valence-electron chi connectivity index (χ0n) is 20.7. The molecule has 0 fully saturated rings. The van der Waals surface area contributed by atoms with Gasteiger partial charge < -0.3 is 9.47 Å². The lowest BCUT2D eigenvalue weighted by Gasteiger charge is -2.26. The molecule has 9 heteroatoms. The first-order valence-corrected chi connectivity index (χ1v) is 13.0. The molecule has 1 N–H and O–H groups in total. The van der Waals surface area contributed by atoms with Crippen LogP contribution in [0.25, 0.3) is 0 Å². The van der Waals surface area contributed by atoms with Crippen LogP contribution in [0.15, 0.2) is 70.7 Å². The number of hydrogen-bond acceptors (Lipinski definition) is 6. The van der Waals surface area contributed by atoms with Crippen molar-refractivity contribution in [3.05, 3.63) is 82.9 Å². The molecule has 4 rings (SSSR count). The number of nitrogens with zero attached hydrogens (tertiary/aromatic N) is 2. The van der Waals surface area contributed by atoms with E-state index in [0.29, 0.717) is 36.1 Å². The van der Waals surface area contributed by atoms with Gasteiger partial charge in [0.1, 0.15) is 19.8 Å². The highest BCUT2D eigenvalue weighted by Gasteiger charge is 2.28.